The van der Waals surface area contributed by atoms with Crippen molar-refractivity contribution in [2.45, 2.75) is 19.4 Å². The molecular weight excluding hydrogens is 132 g/mol. The molecule has 60 valence electrons. The zero-order valence-electron chi connectivity index (χ0n) is 6.37. The normalized spacial score (nSPS) is 12.4. The minimum Gasteiger partial charge on any atom is -0.491 e. The summed E-state index contributed by atoms with van der Waals surface area (Å²) in [5.41, 5.74) is -0.841. The molecule has 0 bridgehead atoms. The zero-order valence-corrected chi connectivity index (χ0v) is 6.37. The van der Waals surface area contributed by atoms with Gasteiger partial charge in [-0.15, -0.1) is 0 Å². The van der Waals surface area contributed by atoms with Gasteiger partial charge >= 0.3 is 0 Å². The van der Waals surface area contributed by atoms with Crippen molar-refractivity contribution in [3.05, 3.63) is 12.3 Å². The lowest BCUT2D eigenvalue weighted by Crippen LogP contribution is -2.35. The maximum atomic E-state index is 8.69. The molecule has 0 fully saturated rings. The summed E-state index contributed by atoms with van der Waals surface area (Å²) >= 11 is 0. The highest BCUT2D eigenvalue weighted by Gasteiger charge is 2.21. The Morgan fingerprint density at radius 1 is 1.40 bits per heavy atom. The van der Waals surface area contributed by atoms with E-state index in [0.29, 0.717) is 0 Å². The van der Waals surface area contributed by atoms with Crippen molar-refractivity contribution < 1.29 is 14.9 Å². The number of allylic oxidation sites excluding steroid dienone is 1. The molecular formula is C7H14O3. The minimum atomic E-state index is -0.841. The lowest BCUT2D eigenvalue weighted by Gasteiger charge is -2.23. The predicted molar refractivity (Wildman–Crippen MR) is 38.5 cm³/mol. The quantitative estimate of drug-likeness (QED) is 0.560. The zero-order chi connectivity index (χ0) is 8.04. The van der Waals surface area contributed by atoms with Crippen molar-refractivity contribution in [1.29, 1.82) is 0 Å². The van der Waals surface area contributed by atoms with Crippen molar-refractivity contribution in [1.82, 2.24) is 0 Å². The first-order valence-corrected chi connectivity index (χ1v) is 3.19. The molecule has 3 nitrogen and oxygen atoms in total. The van der Waals surface area contributed by atoms with E-state index >= 15 is 0 Å². The van der Waals surface area contributed by atoms with Gasteiger partial charge in [-0.2, -0.15) is 0 Å². The van der Waals surface area contributed by atoms with Crippen LogP contribution in [0.15, 0.2) is 12.3 Å². The van der Waals surface area contributed by atoms with Gasteiger partial charge in [-0.25, -0.2) is 0 Å². The van der Waals surface area contributed by atoms with Crippen LogP contribution in [0.2, 0.25) is 0 Å². The highest BCUT2D eigenvalue weighted by Crippen LogP contribution is 2.07. The molecule has 10 heavy (non-hydrogen) atoms. The fourth-order valence-electron chi connectivity index (χ4n) is 0.357. The Morgan fingerprint density at radius 2 is 1.90 bits per heavy atom. The number of hydrogen-bond donors (Lipinski definition) is 2. The summed E-state index contributed by atoms with van der Waals surface area (Å²) in [4.78, 5) is 0. The van der Waals surface area contributed by atoms with Crippen LogP contribution in [-0.4, -0.2) is 29.0 Å². The average molecular weight is 146 g/mol. The summed E-state index contributed by atoms with van der Waals surface area (Å²) in [5.74, 6) is 0. The Balaban J connectivity index is 3.80. The van der Waals surface area contributed by atoms with Gasteiger partial charge in [0.25, 0.3) is 0 Å². The molecule has 0 aromatic rings. The molecule has 0 aromatic heterocycles. The summed E-state index contributed by atoms with van der Waals surface area (Å²) < 4.78 is 5.00. The lowest BCUT2D eigenvalue weighted by atomic mass is 10.1. The second kappa shape index (κ2) is 4.30. The van der Waals surface area contributed by atoms with Crippen LogP contribution in [0.5, 0.6) is 0 Å². The number of ether oxygens (including phenoxy) is 1. The van der Waals surface area contributed by atoms with E-state index in [2.05, 4.69) is 0 Å². The van der Waals surface area contributed by atoms with Crippen LogP contribution >= 0.6 is 0 Å². The van der Waals surface area contributed by atoms with Crippen LogP contribution in [0.1, 0.15) is 13.8 Å². The Bertz CT molecular complexity index is 105. The Morgan fingerprint density at radius 3 is 2.20 bits per heavy atom. The molecule has 0 saturated carbocycles. The van der Waals surface area contributed by atoms with E-state index in [1.165, 1.54) is 6.26 Å². The molecule has 0 spiro atoms. The van der Waals surface area contributed by atoms with Crippen LogP contribution < -0.4 is 0 Å². The third-order valence-electron chi connectivity index (χ3n) is 1.16. The summed E-state index contributed by atoms with van der Waals surface area (Å²) in [7, 11) is 0. The average Bonchev–Trinajstić information content (AvgIpc) is 2.00. The van der Waals surface area contributed by atoms with Crippen molar-refractivity contribution in [2.24, 2.45) is 0 Å². The van der Waals surface area contributed by atoms with Gasteiger partial charge in [0.15, 0.2) is 5.60 Å². The first kappa shape index (κ1) is 9.46. The first-order valence-electron chi connectivity index (χ1n) is 3.19. The van der Waals surface area contributed by atoms with Crippen molar-refractivity contribution >= 4 is 0 Å². The molecule has 0 atom stereocenters. The molecule has 0 aliphatic heterocycles. The minimum absolute atomic E-state index is 0.187. The molecule has 0 aromatic carbocycles. The first-order chi connectivity index (χ1) is 4.68. The van der Waals surface area contributed by atoms with E-state index in [1.807, 2.05) is 0 Å². The fourth-order valence-corrected chi connectivity index (χ4v) is 0.357. The number of hydrogen-bond acceptors (Lipinski definition) is 3. The molecule has 2 N–H and O–H groups in total. The molecule has 0 heterocycles. The smallest absolute Gasteiger partial charge is 0.151 e. The summed E-state index contributed by atoms with van der Waals surface area (Å²) in [6.45, 7) is 3.06. The van der Waals surface area contributed by atoms with Gasteiger partial charge < -0.3 is 14.9 Å². The molecule has 0 unspecified atom stereocenters. The van der Waals surface area contributed by atoms with Crippen molar-refractivity contribution in [3.63, 3.8) is 0 Å². The van der Waals surface area contributed by atoms with E-state index in [9.17, 15) is 0 Å². The van der Waals surface area contributed by atoms with E-state index in [-0.39, 0.29) is 13.2 Å². The van der Waals surface area contributed by atoms with E-state index in [4.69, 9.17) is 14.9 Å². The molecule has 3 heteroatoms. The number of rotatable bonds is 4. The van der Waals surface area contributed by atoms with Crippen LogP contribution in [0.25, 0.3) is 0 Å². The van der Waals surface area contributed by atoms with Gasteiger partial charge in [-0.05, 0) is 13.8 Å². The highest BCUT2D eigenvalue weighted by molar-refractivity contribution is 4.78. The topological polar surface area (TPSA) is 49.7 Å². The molecule has 0 amide bonds. The van der Waals surface area contributed by atoms with Crippen LogP contribution in [0.4, 0.5) is 0 Å². The Kier molecular flexibility index (Phi) is 4.07. The SMILES string of the molecule is CC=COC(C)(CO)CO. The monoisotopic (exact) mass is 146 g/mol. The van der Waals surface area contributed by atoms with Gasteiger partial charge in [0.05, 0.1) is 19.5 Å². The molecule has 0 radical (unpaired) electrons. The molecule has 0 aliphatic rings. The molecule has 0 saturated heterocycles. The van der Waals surface area contributed by atoms with Crippen molar-refractivity contribution in [3.8, 4) is 0 Å². The third-order valence-corrected chi connectivity index (χ3v) is 1.16. The van der Waals surface area contributed by atoms with E-state index in [0.717, 1.165) is 0 Å². The predicted octanol–water partition coefficient (Wildman–Crippen LogP) is 0.280. The molecule has 0 rings (SSSR count). The van der Waals surface area contributed by atoms with Gasteiger partial charge in [0, 0.05) is 0 Å². The summed E-state index contributed by atoms with van der Waals surface area (Å²) in [6.07, 6.45) is 3.15. The largest absolute Gasteiger partial charge is 0.491 e. The number of aliphatic hydroxyl groups excluding tert-OH is 2. The van der Waals surface area contributed by atoms with Gasteiger partial charge in [0.1, 0.15) is 0 Å². The van der Waals surface area contributed by atoms with Crippen molar-refractivity contribution in [2.75, 3.05) is 13.2 Å². The second-order valence-corrected chi connectivity index (χ2v) is 2.35. The summed E-state index contributed by atoms with van der Waals surface area (Å²) in [5, 5.41) is 17.4. The lowest BCUT2D eigenvalue weighted by molar-refractivity contribution is -0.0503. The van der Waals surface area contributed by atoms with Crippen LogP contribution in [0, 0.1) is 0 Å². The van der Waals surface area contributed by atoms with Gasteiger partial charge in [-0.3, -0.25) is 0 Å². The van der Waals surface area contributed by atoms with Gasteiger partial charge in [0.2, 0.25) is 0 Å². The molecule has 0 aliphatic carbocycles. The van der Waals surface area contributed by atoms with Crippen LogP contribution in [0.3, 0.4) is 0 Å². The highest BCUT2D eigenvalue weighted by atomic mass is 16.5. The third kappa shape index (κ3) is 2.85. The standard InChI is InChI=1S/C7H14O3/c1-3-4-10-7(2,5-8)6-9/h3-4,8-9H,5-6H2,1-2H3. The second-order valence-electron chi connectivity index (χ2n) is 2.35. The van der Waals surface area contributed by atoms with Crippen LogP contribution in [-0.2, 0) is 4.74 Å². The number of aliphatic hydroxyl groups is 2. The fraction of sp³-hybridized carbons (Fsp3) is 0.714. The Hall–Kier alpha value is -0.540. The Labute approximate surface area is 60.9 Å². The maximum absolute atomic E-state index is 8.69. The van der Waals surface area contributed by atoms with E-state index in [1.54, 1.807) is 19.9 Å². The summed E-state index contributed by atoms with van der Waals surface area (Å²) in [6, 6.07) is 0. The van der Waals surface area contributed by atoms with Gasteiger partial charge in [-0.1, -0.05) is 6.08 Å². The van der Waals surface area contributed by atoms with E-state index < -0.39 is 5.60 Å². The maximum Gasteiger partial charge on any atom is 0.151 e.